The molecule has 18 heavy (non-hydrogen) atoms. The molecule has 0 atom stereocenters. The van der Waals surface area contributed by atoms with E-state index in [0.29, 0.717) is 6.54 Å². The van der Waals surface area contributed by atoms with Crippen molar-refractivity contribution in [3.8, 4) is 5.75 Å². The summed E-state index contributed by atoms with van der Waals surface area (Å²) in [6, 6.07) is 7.66. The van der Waals surface area contributed by atoms with Gasteiger partial charge >= 0.3 is 0 Å². The molecule has 0 fully saturated rings. The molecule has 0 saturated heterocycles. The Morgan fingerprint density at radius 2 is 2.06 bits per heavy atom. The Balaban J connectivity index is 2.44. The molecule has 1 amide bonds. The quantitative estimate of drug-likeness (QED) is 0.624. The van der Waals surface area contributed by atoms with Gasteiger partial charge in [0.25, 0.3) is 0 Å². The Labute approximate surface area is 122 Å². The van der Waals surface area contributed by atoms with Crippen LogP contribution in [-0.4, -0.2) is 13.0 Å². The van der Waals surface area contributed by atoms with Gasteiger partial charge in [-0.05, 0) is 50.3 Å². The fourth-order valence-corrected chi connectivity index (χ4v) is 2.26. The monoisotopic (exact) mass is 359 g/mol. The van der Waals surface area contributed by atoms with Crippen LogP contribution in [0.5, 0.6) is 5.75 Å². The zero-order valence-corrected chi connectivity index (χ0v) is 12.9. The first-order chi connectivity index (χ1) is 8.65. The number of carbonyl (C=O) groups is 1. The first-order valence-electron chi connectivity index (χ1n) is 5.92. The van der Waals surface area contributed by atoms with Gasteiger partial charge in [0.05, 0.1) is 7.11 Å². The Morgan fingerprint density at radius 1 is 1.39 bits per heavy atom. The Morgan fingerprint density at radius 3 is 2.61 bits per heavy atom. The summed E-state index contributed by atoms with van der Waals surface area (Å²) < 4.78 is 6.16. The smallest absolute Gasteiger partial charge is 0.244 e. The first-order valence-corrected chi connectivity index (χ1v) is 7.00. The predicted octanol–water partition coefficient (Wildman–Crippen LogP) is 3.43. The molecule has 4 heteroatoms. The van der Waals surface area contributed by atoms with Crippen molar-refractivity contribution in [3.63, 3.8) is 0 Å². The number of allylic oxidation sites excluding steroid dienone is 1. The molecular formula is C14H18INO2. The zero-order valence-electron chi connectivity index (χ0n) is 10.7. The van der Waals surface area contributed by atoms with Crippen LogP contribution in [0, 0.1) is 0 Å². The van der Waals surface area contributed by atoms with Gasteiger partial charge in [-0.1, -0.05) is 25.5 Å². The maximum absolute atomic E-state index is 11.6. The van der Waals surface area contributed by atoms with Crippen LogP contribution in [0.25, 0.3) is 0 Å². The molecule has 0 unspecified atom stereocenters. The summed E-state index contributed by atoms with van der Waals surface area (Å²) >= 11 is 2.20. The highest BCUT2D eigenvalue weighted by atomic mass is 127. The minimum absolute atomic E-state index is 0.0383. The van der Waals surface area contributed by atoms with E-state index in [1.54, 1.807) is 13.2 Å². The van der Waals surface area contributed by atoms with Crippen LogP contribution in [0.3, 0.4) is 0 Å². The molecule has 0 aromatic heterocycles. The van der Waals surface area contributed by atoms with Gasteiger partial charge in [0.15, 0.2) is 0 Å². The predicted molar refractivity (Wildman–Crippen MR) is 81.9 cm³/mol. The molecule has 0 spiro atoms. The molecular weight excluding hydrogens is 341 g/mol. The van der Waals surface area contributed by atoms with E-state index in [-0.39, 0.29) is 5.91 Å². The second kappa shape index (κ2) is 8.13. The number of benzene rings is 1. The summed E-state index contributed by atoms with van der Waals surface area (Å²) in [6.45, 7) is 2.64. The van der Waals surface area contributed by atoms with E-state index in [1.165, 1.54) is 0 Å². The molecule has 0 aliphatic heterocycles. The number of hydrogen-bond donors (Lipinski definition) is 1. The topological polar surface area (TPSA) is 38.3 Å². The number of ether oxygens (including phenoxy) is 1. The van der Waals surface area contributed by atoms with Gasteiger partial charge in [-0.3, -0.25) is 4.79 Å². The van der Waals surface area contributed by atoms with E-state index < -0.39 is 0 Å². The summed E-state index contributed by atoms with van der Waals surface area (Å²) in [5.41, 5.74) is 1.06. The molecule has 0 aliphatic carbocycles. The lowest BCUT2D eigenvalue weighted by Crippen LogP contribution is -2.20. The van der Waals surface area contributed by atoms with Gasteiger partial charge in [-0.2, -0.15) is 0 Å². The van der Waals surface area contributed by atoms with Crippen molar-refractivity contribution in [2.24, 2.45) is 0 Å². The Bertz CT molecular complexity index is 412. The number of nitrogens with one attached hydrogen (secondary N) is 1. The van der Waals surface area contributed by atoms with Crippen LogP contribution in [-0.2, 0) is 11.3 Å². The van der Waals surface area contributed by atoms with E-state index >= 15 is 0 Å². The Hall–Kier alpha value is -1.04. The van der Waals surface area contributed by atoms with Crippen molar-refractivity contribution >= 4 is 28.5 Å². The summed E-state index contributed by atoms with van der Waals surface area (Å²) in [5, 5.41) is 2.86. The molecule has 1 N–H and O–H groups in total. The van der Waals surface area contributed by atoms with Gasteiger partial charge in [-0.15, -0.1) is 0 Å². The lowest BCUT2D eigenvalue weighted by atomic mass is 10.2. The molecule has 0 heterocycles. The van der Waals surface area contributed by atoms with Crippen LogP contribution in [0.4, 0.5) is 0 Å². The molecule has 0 radical (unpaired) electrons. The van der Waals surface area contributed by atoms with Crippen LogP contribution in [0.1, 0.15) is 25.3 Å². The fourth-order valence-electron chi connectivity index (χ4n) is 1.44. The molecule has 1 aromatic carbocycles. The van der Waals surface area contributed by atoms with Crippen LogP contribution in [0.2, 0.25) is 0 Å². The summed E-state index contributed by atoms with van der Waals surface area (Å²) in [5.74, 6) is 0.783. The fraction of sp³-hybridized carbons (Fsp3) is 0.357. The van der Waals surface area contributed by atoms with E-state index in [2.05, 4.69) is 34.8 Å². The second-order valence-corrected chi connectivity index (χ2v) is 5.29. The molecule has 1 rings (SSSR count). The van der Waals surface area contributed by atoms with Gasteiger partial charge in [-0.25, -0.2) is 0 Å². The lowest BCUT2D eigenvalue weighted by molar-refractivity contribution is -0.116. The number of rotatable bonds is 6. The Kier molecular flexibility index (Phi) is 6.78. The van der Waals surface area contributed by atoms with Crippen molar-refractivity contribution in [2.75, 3.05) is 7.11 Å². The van der Waals surface area contributed by atoms with Crippen LogP contribution in [0.15, 0.2) is 33.9 Å². The largest absolute Gasteiger partial charge is 0.497 e. The second-order valence-electron chi connectivity index (χ2n) is 3.91. The highest BCUT2D eigenvalue weighted by molar-refractivity contribution is 14.1. The van der Waals surface area contributed by atoms with Crippen molar-refractivity contribution in [2.45, 2.75) is 26.3 Å². The molecule has 98 valence electrons. The average Bonchev–Trinajstić information content (AvgIpc) is 2.37. The molecule has 0 saturated carbocycles. The number of carbonyl (C=O) groups excluding carboxylic acids is 1. The van der Waals surface area contributed by atoms with E-state index in [9.17, 15) is 4.79 Å². The normalized spacial score (nSPS) is 11.2. The number of hydrogen-bond acceptors (Lipinski definition) is 2. The number of amides is 1. The molecule has 0 aliphatic rings. The third kappa shape index (κ3) is 5.53. The van der Waals surface area contributed by atoms with Gasteiger partial charge in [0.1, 0.15) is 5.75 Å². The molecule has 0 bridgehead atoms. The molecule has 3 nitrogen and oxygen atoms in total. The zero-order chi connectivity index (χ0) is 13.4. The average molecular weight is 359 g/mol. The van der Waals surface area contributed by atoms with E-state index in [1.807, 2.05) is 24.3 Å². The van der Waals surface area contributed by atoms with Crippen molar-refractivity contribution in [1.82, 2.24) is 5.32 Å². The first kappa shape index (κ1) is 15.0. The van der Waals surface area contributed by atoms with E-state index in [0.717, 1.165) is 27.7 Å². The van der Waals surface area contributed by atoms with Crippen molar-refractivity contribution in [1.29, 1.82) is 0 Å². The van der Waals surface area contributed by atoms with Crippen molar-refractivity contribution < 1.29 is 9.53 Å². The third-order valence-corrected chi connectivity index (χ3v) is 3.25. The van der Waals surface area contributed by atoms with Crippen LogP contribution < -0.4 is 10.1 Å². The minimum Gasteiger partial charge on any atom is -0.497 e. The van der Waals surface area contributed by atoms with Gasteiger partial charge in [0, 0.05) is 12.6 Å². The van der Waals surface area contributed by atoms with Crippen molar-refractivity contribution in [3.05, 3.63) is 39.5 Å². The highest BCUT2D eigenvalue weighted by Crippen LogP contribution is 2.13. The summed E-state index contributed by atoms with van der Waals surface area (Å²) in [7, 11) is 1.64. The molecule has 1 aromatic rings. The standard InChI is InChI=1S/C14H18INO2/c1-3-4-12(15)9-14(17)16-10-11-5-7-13(18-2)8-6-11/h5-9H,3-4,10H2,1-2H3,(H,16,17)/b12-9+. The number of methoxy groups -OCH3 is 1. The maximum Gasteiger partial charge on any atom is 0.244 e. The highest BCUT2D eigenvalue weighted by Gasteiger charge is 2.00. The number of halogens is 1. The summed E-state index contributed by atoms with van der Waals surface area (Å²) in [4.78, 5) is 11.6. The maximum atomic E-state index is 11.6. The van der Waals surface area contributed by atoms with Gasteiger partial charge in [0.2, 0.25) is 5.91 Å². The summed E-state index contributed by atoms with van der Waals surface area (Å²) in [6.07, 6.45) is 3.67. The SMILES string of the molecule is CCC/C(I)=C\C(=O)NCc1ccc(OC)cc1. The lowest BCUT2D eigenvalue weighted by Gasteiger charge is -2.04. The minimum atomic E-state index is -0.0383. The third-order valence-electron chi connectivity index (χ3n) is 2.40. The van der Waals surface area contributed by atoms with E-state index in [4.69, 9.17) is 4.74 Å². The van der Waals surface area contributed by atoms with Gasteiger partial charge < -0.3 is 10.1 Å². The van der Waals surface area contributed by atoms with Crippen LogP contribution >= 0.6 is 22.6 Å².